The van der Waals surface area contributed by atoms with Crippen molar-refractivity contribution in [3.8, 4) is 0 Å². The molecule has 2 N–H and O–H groups in total. The highest BCUT2D eigenvalue weighted by Gasteiger charge is 2.27. The van der Waals surface area contributed by atoms with Crippen LogP contribution in [0, 0.1) is 6.92 Å². The lowest BCUT2D eigenvalue weighted by molar-refractivity contribution is -0.121. The molecule has 0 aliphatic rings. The number of carbonyl (C=O) groups excluding carboxylic acids is 1. The van der Waals surface area contributed by atoms with Gasteiger partial charge in [0.1, 0.15) is 0 Å². The molecule has 0 saturated carbocycles. The number of halogens is 3. The van der Waals surface area contributed by atoms with Crippen LogP contribution in [0.2, 0.25) is 15.1 Å². The Kier molecular flexibility index (Phi) is 9.99. The molecule has 3 aromatic carbocycles. The second-order valence-corrected chi connectivity index (χ2v) is 13.0. The molecule has 13 heteroatoms. The van der Waals surface area contributed by atoms with Gasteiger partial charge < -0.3 is 5.32 Å². The lowest BCUT2D eigenvalue weighted by Crippen LogP contribution is -2.42. The Balaban J connectivity index is 1.68. The highest BCUT2D eigenvalue weighted by atomic mass is 35.5. The Bertz CT molecular complexity index is 1460. The molecule has 0 unspecified atom stereocenters. The number of hydrogen-bond donors (Lipinski definition) is 2. The molecule has 0 atom stereocenters. The molecule has 0 aromatic heterocycles. The van der Waals surface area contributed by atoms with Crippen LogP contribution in [0.15, 0.2) is 76.5 Å². The normalized spacial score (nSPS) is 12.0. The summed E-state index contributed by atoms with van der Waals surface area (Å²) in [5, 5.41) is 3.46. The molecule has 0 fully saturated rings. The lowest BCUT2D eigenvalue weighted by atomic mass is 10.2. The first kappa shape index (κ1) is 29.4. The minimum atomic E-state index is -4.10. The van der Waals surface area contributed by atoms with Crippen molar-refractivity contribution >= 4 is 60.8 Å². The van der Waals surface area contributed by atoms with Crippen LogP contribution < -0.4 is 10.0 Å². The first-order valence-corrected chi connectivity index (χ1v) is 15.0. The monoisotopic (exact) mass is 603 g/mol. The van der Waals surface area contributed by atoms with Crippen molar-refractivity contribution in [1.82, 2.24) is 14.3 Å². The van der Waals surface area contributed by atoms with E-state index >= 15 is 0 Å². The van der Waals surface area contributed by atoms with Crippen molar-refractivity contribution in [2.45, 2.75) is 23.3 Å². The molecule has 8 nitrogen and oxygen atoms in total. The van der Waals surface area contributed by atoms with Crippen LogP contribution in [0.5, 0.6) is 0 Å². The van der Waals surface area contributed by atoms with E-state index in [1.54, 1.807) is 18.2 Å². The molecule has 0 spiro atoms. The molecular formula is C24H24Cl3N3O5S2. The maximum absolute atomic E-state index is 13.3. The van der Waals surface area contributed by atoms with Crippen molar-refractivity contribution in [2.75, 3.05) is 19.6 Å². The fraction of sp³-hybridized carbons (Fsp3) is 0.208. The molecule has 0 heterocycles. The first-order chi connectivity index (χ1) is 17.4. The van der Waals surface area contributed by atoms with Crippen molar-refractivity contribution in [3.05, 3.63) is 92.9 Å². The summed E-state index contributed by atoms with van der Waals surface area (Å²) in [6, 6.07) is 16.6. The van der Waals surface area contributed by atoms with E-state index in [1.807, 2.05) is 6.92 Å². The number of aryl methyl sites for hydroxylation is 1. The van der Waals surface area contributed by atoms with Crippen molar-refractivity contribution in [1.29, 1.82) is 0 Å². The summed E-state index contributed by atoms with van der Waals surface area (Å²) in [6.07, 6.45) is 0. The molecule has 0 radical (unpaired) electrons. The fourth-order valence-electron chi connectivity index (χ4n) is 3.23. The van der Waals surface area contributed by atoms with Crippen molar-refractivity contribution < 1.29 is 21.6 Å². The molecule has 37 heavy (non-hydrogen) atoms. The number of carbonyl (C=O) groups is 1. The smallest absolute Gasteiger partial charge is 0.243 e. The number of amides is 1. The van der Waals surface area contributed by atoms with Gasteiger partial charge in [-0.05, 0) is 61.0 Å². The first-order valence-electron chi connectivity index (χ1n) is 10.9. The second-order valence-electron chi connectivity index (χ2n) is 8.04. The molecule has 0 aliphatic carbocycles. The van der Waals surface area contributed by atoms with Gasteiger partial charge in [-0.2, -0.15) is 4.31 Å². The Labute approximate surface area is 231 Å². The van der Waals surface area contributed by atoms with E-state index in [0.29, 0.717) is 15.6 Å². The molecule has 0 saturated heterocycles. The van der Waals surface area contributed by atoms with Crippen LogP contribution in [0.3, 0.4) is 0 Å². The molecule has 3 aromatic rings. The zero-order chi connectivity index (χ0) is 27.2. The summed E-state index contributed by atoms with van der Waals surface area (Å²) in [5.41, 5.74) is 1.44. The van der Waals surface area contributed by atoms with Crippen LogP contribution in [0.1, 0.15) is 11.1 Å². The van der Waals surface area contributed by atoms with Gasteiger partial charge in [-0.3, -0.25) is 4.79 Å². The average molecular weight is 605 g/mol. The van der Waals surface area contributed by atoms with E-state index in [-0.39, 0.29) is 34.4 Å². The van der Waals surface area contributed by atoms with Crippen LogP contribution >= 0.6 is 34.8 Å². The van der Waals surface area contributed by atoms with Gasteiger partial charge in [0.2, 0.25) is 26.0 Å². The van der Waals surface area contributed by atoms with E-state index in [4.69, 9.17) is 34.8 Å². The number of hydrogen-bond acceptors (Lipinski definition) is 5. The van der Waals surface area contributed by atoms with E-state index in [9.17, 15) is 21.6 Å². The van der Waals surface area contributed by atoms with Gasteiger partial charge in [-0.25, -0.2) is 21.6 Å². The summed E-state index contributed by atoms with van der Waals surface area (Å²) in [5.74, 6) is -0.618. The summed E-state index contributed by atoms with van der Waals surface area (Å²) >= 11 is 17.9. The summed E-state index contributed by atoms with van der Waals surface area (Å²) in [7, 11) is -7.85. The number of nitrogens with one attached hydrogen (secondary N) is 2. The zero-order valence-corrected chi connectivity index (χ0v) is 23.5. The van der Waals surface area contributed by atoms with Gasteiger partial charge in [0.25, 0.3) is 0 Å². The van der Waals surface area contributed by atoms with Crippen LogP contribution in [0.4, 0.5) is 0 Å². The predicted molar refractivity (Wildman–Crippen MR) is 145 cm³/mol. The largest absolute Gasteiger partial charge is 0.354 e. The molecular weight excluding hydrogens is 581 g/mol. The number of benzene rings is 3. The van der Waals surface area contributed by atoms with Gasteiger partial charge >= 0.3 is 0 Å². The van der Waals surface area contributed by atoms with Gasteiger partial charge in [0.05, 0.1) is 26.4 Å². The van der Waals surface area contributed by atoms with Crippen molar-refractivity contribution in [3.63, 3.8) is 0 Å². The predicted octanol–water partition coefficient (Wildman–Crippen LogP) is 4.24. The number of rotatable bonds is 11. The van der Waals surface area contributed by atoms with E-state index < -0.39 is 32.5 Å². The third kappa shape index (κ3) is 8.15. The minimum Gasteiger partial charge on any atom is -0.354 e. The number of sulfonamides is 2. The molecule has 0 aliphatic heterocycles. The van der Waals surface area contributed by atoms with Gasteiger partial charge in [-0.15, -0.1) is 0 Å². The molecule has 198 valence electrons. The molecule has 0 bridgehead atoms. The summed E-state index contributed by atoms with van der Waals surface area (Å²) < 4.78 is 54.8. The Morgan fingerprint density at radius 3 is 2.05 bits per heavy atom. The van der Waals surface area contributed by atoms with Gasteiger partial charge in [0.15, 0.2) is 0 Å². The van der Waals surface area contributed by atoms with E-state index in [1.165, 1.54) is 48.5 Å². The topological polar surface area (TPSA) is 113 Å². The Hall–Kier alpha value is -2.18. The van der Waals surface area contributed by atoms with E-state index in [2.05, 4.69) is 10.0 Å². The minimum absolute atomic E-state index is 0.0457. The highest BCUT2D eigenvalue weighted by molar-refractivity contribution is 7.89. The van der Waals surface area contributed by atoms with Gasteiger partial charge in [-0.1, -0.05) is 58.6 Å². The van der Waals surface area contributed by atoms with Gasteiger partial charge in [0, 0.05) is 24.7 Å². The van der Waals surface area contributed by atoms with Crippen molar-refractivity contribution in [2.24, 2.45) is 0 Å². The summed E-state index contributed by atoms with van der Waals surface area (Å²) in [6.45, 7) is 1.03. The maximum Gasteiger partial charge on any atom is 0.243 e. The Morgan fingerprint density at radius 2 is 1.43 bits per heavy atom. The standard InChI is InChI=1S/C24H24Cl3N3O5S2/c1-17-2-7-20(8-3-17)36(32,33)29-13-12-28-24(31)16-30(15-18-4-11-22(26)23(27)14-18)37(34,35)21-9-5-19(25)6-10-21/h2-11,14,29H,12-13,15-16H2,1H3,(H,28,31). The lowest BCUT2D eigenvalue weighted by Gasteiger charge is -2.22. The van der Waals surface area contributed by atoms with Crippen LogP contribution in [0.25, 0.3) is 0 Å². The maximum atomic E-state index is 13.3. The third-order valence-corrected chi connectivity index (χ3v) is 9.46. The Morgan fingerprint density at radius 1 is 0.811 bits per heavy atom. The summed E-state index contributed by atoms with van der Waals surface area (Å²) in [4.78, 5) is 12.7. The zero-order valence-electron chi connectivity index (χ0n) is 19.6. The molecule has 1 amide bonds. The molecule has 3 rings (SSSR count). The van der Waals surface area contributed by atoms with Crippen LogP contribution in [-0.2, 0) is 31.4 Å². The van der Waals surface area contributed by atoms with E-state index in [0.717, 1.165) is 9.87 Å². The average Bonchev–Trinajstić information content (AvgIpc) is 2.84. The second kappa shape index (κ2) is 12.6. The number of nitrogens with zero attached hydrogens (tertiary/aromatic N) is 1. The third-order valence-electron chi connectivity index (χ3n) is 5.18. The SMILES string of the molecule is Cc1ccc(S(=O)(=O)NCCNC(=O)CN(Cc2ccc(Cl)c(Cl)c2)S(=O)(=O)c2ccc(Cl)cc2)cc1. The quantitative estimate of drug-likeness (QED) is 0.318. The van der Waals surface area contributed by atoms with Crippen LogP contribution in [-0.4, -0.2) is 46.7 Å². The highest BCUT2D eigenvalue weighted by Crippen LogP contribution is 2.25. The fourth-order valence-corrected chi connectivity index (χ4v) is 6.09.